The van der Waals surface area contributed by atoms with Crippen LogP contribution in [-0.2, 0) is 14.4 Å². The number of nitrogens with one attached hydrogen (secondary N) is 4. The Morgan fingerprint density at radius 3 is 2.55 bits per heavy atom. The number of benzene rings is 1. The number of nitro benzene ring substituents is 1. The standard InChI is InChI=1S/C22H30N6O5/c1-11-6-12(2)10-27(9-11)22-25-19-18(21(31)26-22)15(8-17(29)24-19)20(30)23-14-5-4-13(3)16(7-14)28(32)33/h4-5,7,11-12,15,18-19,22,25H,6,8-10H2,1-3H3,(H,23,30)(H,24,29)(H,26,31). The van der Waals surface area contributed by atoms with Crippen LogP contribution < -0.4 is 21.3 Å². The third-order valence-electron chi connectivity index (χ3n) is 6.71. The van der Waals surface area contributed by atoms with Crippen molar-refractivity contribution < 1.29 is 19.3 Å². The first-order valence-electron chi connectivity index (χ1n) is 11.3. The van der Waals surface area contributed by atoms with Crippen molar-refractivity contribution in [1.82, 2.24) is 20.9 Å². The number of amides is 3. The molecule has 6 unspecified atom stereocenters. The number of nitrogens with zero attached hydrogens (tertiary/aromatic N) is 2. The van der Waals surface area contributed by atoms with E-state index in [1.54, 1.807) is 19.1 Å². The summed E-state index contributed by atoms with van der Waals surface area (Å²) in [5.74, 6) is -1.87. The van der Waals surface area contributed by atoms with E-state index in [9.17, 15) is 24.5 Å². The van der Waals surface area contributed by atoms with Gasteiger partial charge in [-0.15, -0.1) is 0 Å². The third kappa shape index (κ3) is 4.83. The van der Waals surface area contributed by atoms with Crippen molar-refractivity contribution in [1.29, 1.82) is 0 Å². The molecule has 0 bridgehead atoms. The summed E-state index contributed by atoms with van der Waals surface area (Å²) in [6, 6.07) is 4.39. The summed E-state index contributed by atoms with van der Waals surface area (Å²) in [5.41, 5.74) is 0.605. The Hall–Kier alpha value is -3.05. The van der Waals surface area contributed by atoms with E-state index in [0.29, 0.717) is 17.4 Å². The molecule has 1 aromatic carbocycles. The smallest absolute Gasteiger partial charge is 0.274 e. The molecule has 0 spiro atoms. The molecule has 11 heteroatoms. The Kier molecular flexibility index (Phi) is 6.35. The van der Waals surface area contributed by atoms with Crippen LogP contribution >= 0.6 is 0 Å². The Morgan fingerprint density at radius 1 is 1.18 bits per heavy atom. The van der Waals surface area contributed by atoms with Gasteiger partial charge in [-0.3, -0.25) is 34.7 Å². The molecule has 33 heavy (non-hydrogen) atoms. The molecule has 4 N–H and O–H groups in total. The highest BCUT2D eigenvalue weighted by Crippen LogP contribution is 2.30. The predicted molar refractivity (Wildman–Crippen MR) is 120 cm³/mol. The van der Waals surface area contributed by atoms with Gasteiger partial charge in [-0.25, -0.2) is 0 Å². The minimum absolute atomic E-state index is 0.114. The largest absolute Gasteiger partial charge is 0.340 e. The van der Waals surface area contributed by atoms with Crippen molar-refractivity contribution in [2.45, 2.75) is 46.1 Å². The van der Waals surface area contributed by atoms with Gasteiger partial charge in [0.1, 0.15) is 6.29 Å². The second-order valence-corrected chi connectivity index (χ2v) is 9.61. The van der Waals surface area contributed by atoms with E-state index in [2.05, 4.69) is 40.0 Å². The van der Waals surface area contributed by atoms with Gasteiger partial charge in [-0.2, -0.15) is 0 Å². The zero-order valence-corrected chi connectivity index (χ0v) is 19.0. The fourth-order valence-electron chi connectivity index (χ4n) is 5.30. The molecule has 0 aromatic heterocycles. The number of anilines is 1. The van der Waals surface area contributed by atoms with E-state index in [1.807, 2.05) is 0 Å². The second kappa shape index (κ2) is 9.06. The molecule has 3 heterocycles. The first kappa shape index (κ1) is 23.1. The highest BCUT2D eigenvalue weighted by Gasteiger charge is 2.49. The van der Waals surface area contributed by atoms with Crippen molar-refractivity contribution in [3.8, 4) is 0 Å². The van der Waals surface area contributed by atoms with E-state index < -0.39 is 35.1 Å². The predicted octanol–water partition coefficient (Wildman–Crippen LogP) is 0.901. The molecule has 0 saturated carbocycles. The molecule has 11 nitrogen and oxygen atoms in total. The summed E-state index contributed by atoms with van der Waals surface area (Å²) in [7, 11) is 0. The molecule has 178 valence electrons. The lowest BCUT2D eigenvalue weighted by molar-refractivity contribution is -0.385. The van der Waals surface area contributed by atoms with Crippen molar-refractivity contribution in [3.63, 3.8) is 0 Å². The van der Waals surface area contributed by atoms with Crippen molar-refractivity contribution in [2.75, 3.05) is 18.4 Å². The lowest BCUT2D eigenvalue weighted by atomic mass is 9.80. The Labute approximate surface area is 191 Å². The van der Waals surface area contributed by atoms with Gasteiger partial charge < -0.3 is 16.0 Å². The highest BCUT2D eigenvalue weighted by atomic mass is 16.6. The number of carbonyl (C=O) groups excluding carboxylic acids is 3. The van der Waals surface area contributed by atoms with Crippen LogP contribution in [0.15, 0.2) is 18.2 Å². The van der Waals surface area contributed by atoms with E-state index in [0.717, 1.165) is 19.5 Å². The van der Waals surface area contributed by atoms with E-state index in [-0.39, 0.29) is 29.6 Å². The number of piperidine rings is 2. The van der Waals surface area contributed by atoms with Gasteiger partial charge in [0.15, 0.2) is 0 Å². The molecule has 6 atom stereocenters. The minimum Gasteiger partial charge on any atom is -0.340 e. The zero-order valence-electron chi connectivity index (χ0n) is 19.0. The zero-order chi connectivity index (χ0) is 23.9. The maximum Gasteiger partial charge on any atom is 0.274 e. The maximum atomic E-state index is 13.1. The third-order valence-corrected chi connectivity index (χ3v) is 6.71. The van der Waals surface area contributed by atoms with Crippen LogP contribution in [0.3, 0.4) is 0 Å². The summed E-state index contributed by atoms with van der Waals surface area (Å²) in [6.45, 7) is 7.61. The summed E-state index contributed by atoms with van der Waals surface area (Å²) >= 11 is 0. The highest BCUT2D eigenvalue weighted by molar-refractivity contribution is 6.00. The fraction of sp³-hybridized carbons (Fsp3) is 0.591. The molecular formula is C22H30N6O5. The Bertz CT molecular complexity index is 974. The number of rotatable bonds is 4. The van der Waals surface area contributed by atoms with Crippen molar-refractivity contribution >= 4 is 29.1 Å². The number of nitro groups is 1. The molecule has 3 aliphatic rings. The second-order valence-electron chi connectivity index (χ2n) is 9.61. The van der Waals surface area contributed by atoms with Gasteiger partial charge in [-0.1, -0.05) is 19.9 Å². The topological polar surface area (TPSA) is 146 Å². The van der Waals surface area contributed by atoms with Gasteiger partial charge >= 0.3 is 0 Å². The number of hydrogen-bond donors (Lipinski definition) is 4. The average Bonchev–Trinajstić information content (AvgIpc) is 2.73. The number of hydrogen-bond acceptors (Lipinski definition) is 7. The van der Waals surface area contributed by atoms with Crippen molar-refractivity contribution in [2.24, 2.45) is 23.7 Å². The Balaban J connectivity index is 1.50. The van der Waals surface area contributed by atoms with E-state index in [4.69, 9.17) is 0 Å². The quantitative estimate of drug-likeness (QED) is 0.387. The van der Waals surface area contributed by atoms with E-state index in [1.165, 1.54) is 6.07 Å². The summed E-state index contributed by atoms with van der Waals surface area (Å²) in [4.78, 5) is 51.4. The first-order valence-corrected chi connectivity index (χ1v) is 11.3. The first-order chi connectivity index (χ1) is 15.6. The normalized spacial score (nSPS) is 32.3. The van der Waals surface area contributed by atoms with E-state index >= 15 is 0 Å². The van der Waals surface area contributed by atoms with Crippen LogP contribution in [0.2, 0.25) is 0 Å². The molecule has 3 fully saturated rings. The molecule has 4 rings (SSSR count). The fourth-order valence-corrected chi connectivity index (χ4v) is 5.30. The van der Waals surface area contributed by atoms with Crippen LogP contribution in [0.1, 0.15) is 32.3 Å². The summed E-state index contributed by atoms with van der Waals surface area (Å²) in [6.07, 6.45) is -0.121. The number of carbonyl (C=O) groups is 3. The lowest BCUT2D eigenvalue weighted by Gasteiger charge is -2.48. The summed E-state index contributed by atoms with van der Waals surface area (Å²) in [5, 5.41) is 23.0. The molecule has 1 aromatic rings. The number of fused-ring (bicyclic) bond motifs is 1. The molecule has 3 amide bonds. The number of aryl methyl sites for hydroxylation is 1. The number of likely N-dealkylation sites (tertiary alicyclic amines) is 1. The minimum atomic E-state index is -0.906. The monoisotopic (exact) mass is 458 g/mol. The molecule has 0 radical (unpaired) electrons. The molecular weight excluding hydrogens is 428 g/mol. The maximum absolute atomic E-state index is 13.1. The van der Waals surface area contributed by atoms with Crippen LogP contribution in [0.5, 0.6) is 0 Å². The van der Waals surface area contributed by atoms with Gasteiger partial charge in [0.25, 0.3) is 5.69 Å². The van der Waals surface area contributed by atoms with Crippen molar-refractivity contribution in [3.05, 3.63) is 33.9 Å². The summed E-state index contributed by atoms with van der Waals surface area (Å²) < 4.78 is 0. The van der Waals surface area contributed by atoms with Crippen LogP contribution in [0.4, 0.5) is 11.4 Å². The van der Waals surface area contributed by atoms with Gasteiger partial charge in [-0.05, 0) is 31.2 Å². The van der Waals surface area contributed by atoms with Crippen LogP contribution in [0.25, 0.3) is 0 Å². The van der Waals surface area contributed by atoms with Crippen LogP contribution in [-0.4, -0.2) is 53.1 Å². The molecule has 0 aliphatic carbocycles. The Morgan fingerprint density at radius 2 is 1.88 bits per heavy atom. The molecule has 3 aliphatic heterocycles. The van der Waals surface area contributed by atoms with Gasteiger partial charge in [0.2, 0.25) is 17.7 Å². The van der Waals surface area contributed by atoms with Crippen LogP contribution in [0, 0.1) is 40.7 Å². The van der Waals surface area contributed by atoms with Gasteiger partial charge in [0.05, 0.1) is 22.9 Å². The average molecular weight is 459 g/mol. The molecule has 3 saturated heterocycles. The lowest BCUT2D eigenvalue weighted by Crippen LogP contribution is -2.75. The SMILES string of the molecule is Cc1ccc(NC(=O)C2CC(=O)NC3NC(N4CC(C)CC(C)C4)NC(=O)C32)cc1[N+](=O)[O-]. The van der Waals surface area contributed by atoms with Gasteiger partial charge in [0, 0.05) is 36.8 Å².